The summed E-state index contributed by atoms with van der Waals surface area (Å²) < 4.78 is 0. The van der Waals surface area contributed by atoms with Crippen molar-refractivity contribution in [3.63, 3.8) is 0 Å². The summed E-state index contributed by atoms with van der Waals surface area (Å²) in [5.41, 5.74) is -0.439. The van der Waals surface area contributed by atoms with Gasteiger partial charge in [-0.15, -0.1) is 11.3 Å². The standard InChI is InChI=1S/C16H27N3OS/c1-6-16(4)15(20)19(10-9-18(5)12(2)3)14(17-16)13-8-7-11-21-13/h7-8,11-12,14,17H,6,9-10H2,1-5H3. The lowest BCUT2D eigenvalue weighted by atomic mass is 9.99. The third-order valence-electron chi connectivity index (χ3n) is 4.59. The molecule has 21 heavy (non-hydrogen) atoms. The summed E-state index contributed by atoms with van der Waals surface area (Å²) in [5, 5.41) is 5.61. The molecular weight excluding hydrogens is 282 g/mol. The van der Waals surface area contributed by atoms with E-state index < -0.39 is 5.54 Å². The van der Waals surface area contributed by atoms with E-state index >= 15 is 0 Å². The van der Waals surface area contributed by atoms with E-state index in [2.05, 4.69) is 49.5 Å². The molecule has 0 aliphatic carbocycles. The lowest BCUT2D eigenvalue weighted by Crippen LogP contribution is -2.44. The third-order valence-corrected chi connectivity index (χ3v) is 5.52. The number of carbonyl (C=O) groups is 1. The van der Waals surface area contributed by atoms with Crippen molar-refractivity contribution in [1.29, 1.82) is 0 Å². The van der Waals surface area contributed by atoms with Crippen molar-refractivity contribution in [2.45, 2.75) is 51.9 Å². The number of rotatable bonds is 6. The lowest BCUT2D eigenvalue weighted by Gasteiger charge is -2.28. The van der Waals surface area contributed by atoms with Crippen LogP contribution in [0, 0.1) is 0 Å². The van der Waals surface area contributed by atoms with Crippen molar-refractivity contribution in [2.75, 3.05) is 20.1 Å². The van der Waals surface area contributed by atoms with E-state index in [1.54, 1.807) is 11.3 Å². The fourth-order valence-electron chi connectivity index (χ4n) is 2.55. The van der Waals surface area contributed by atoms with Crippen LogP contribution in [0.2, 0.25) is 0 Å². The summed E-state index contributed by atoms with van der Waals surface area (Å²) in [6.07, 6.45) is 0.826. The Morgan fingerprint density at radius 2 is 2.24 bits per heavy atom. The minimum absolute atomic E-state index is 0.0167. The summed E-state index contributed by atoms with van der Waals surface area (Å²) in [5.74, 6) is 0.223. The Kier molecular flexibility index (Phi) is 5.07. The molecule has 1 aliphatic heterocycles. The van der Waals surface area contributed by atoms with E-state index in [-0.39, 0.29) is 12.1 Å². The Hall–Kier alpha value is -0.910. The molecule has 4 nitrogen and oxygen atoms in total. The zero-order valence-corrected chi connectivity index (χ0v) is 14.5. The topological polar surface area (TPSA) is 35.6 Å². The fraction of sp³-hybridized carbons (Fsp3) is 0.688. The second kappa shape index (κ2) is 6.46. The highest BCUT2D eigenvalue weighted by molar-refractivity contribution is 7.10. The molecule has 2 atom stereocenters. The molecule has 0 spiro atoms. The average molecular weight is 309 g/mol. The zero-order chi connectivity index (χ0) is 15.6. The van der Waals surface area contributed by atoms with Gasteiger partial charge in [0, 0.05) is 24.0 Å². The number of nitrogens with zero attached hydrogens (tertiary/aromatic N) is 2. The molecule has 1 fully saturated rings. The molecule has 5 heteroatoms. The van der Waals surface area contributed by atoms with Gasteiger partial charge in [0.25, 0.3) is 0 Å². The molecule has 2 unspecified atom stereocenters. The van der Waals surface area contributed by atoms with Crippen LogP contribution in [0.5, 0.6) is 0 Å². The molecule has 1 aromatic heterocycles. The van der Waals surface area contributed by atoms with E-state index in [9.17, 15) is 4.79 Å². The highest BCUT2D eigenvalue weighted by atomic mass is 32.1. The second-order valence-electron chi connectivity index (χ2n) is 6.32. The molecule has 1 saturated heterocycles. The van der Waals surface area contributed by atoms with Gasteiger partial charge in [-0.05, 0) is 45.7 Å². The molecule has 0 aromatic carbocycles. The highest BCUT2D eigenvalue weighted by Crippen LogP contribution is 2.34. The molecule has 2 heterocycles. The van der Waals surface area contributed by atoms with Crippen molar-refractivity contribution < 1.29 is 4.79 Å². The molecule has 0 bridgehead atoms. The van der Waals surface area contributed by atoms with E-state index in [4.69, 9.17) is 0 Å². The summed E-state index contributed by atoms with van der Waals surface area (Å²) >= 11 is 1.71. The van der Waals surface area contributed by atoms with Gasteiger partial charge in [-0.1, -0.05) is 13.0 Å². The van der Waals surface area contributed by atoms with Crippen LogP contribution in [-0.4, -0.2) is 47.4 Å². The maximum absolute atomic E-state index is 12.8. The van der Waals surface area contributed by atoms with Gasteiger partial charge in [-0.3, -0.25) is 10.1 Å². The number of likely N-dealkylation sites (N-methyl/N-ethyl adjacent to an activating group) is 1. The third kappa shape index (κ3) is 3.30. The quantitative estimate of drug-likeness (QED) is 0.877. The predicted octanol–water partition coefficient (Wildman–Crippen LogP) is 2.69. The first kappa shape index (κ1) is 16.5. The van der Waals surface area contributed by atoms with Crippen LogP contribution in [-0.2, 0) is 4.79 Å². The largest absolute Gasteiger partial charge is 0.319 e. The molecule has 1 aromatic rings. The Morgan fingerprint density at radius 3 is 2.76 bits per heavy atom. The van der Waals surface area contributed by atoms with Crippen molar-refractivity contribution in [3.05, 3.63) is 22.4 Å². The summed E-state index contributed by atoms with van der Waals surface area (Å²) in [7, 11) is 2.11. The van der Waals surface area contributed by atoms with Crippen molar-refractivity contribution in [1.82, 2.24) is 15.1 Å². The van der Waals surface area contributed by atoms with Gasteiger partial charge >= 0.3 is 0 Å². The zero-order valence-electron chi connectivity index (χ0n) is 13.7. The van der Waals surface area contributed by atoms with E-state index in [1.165, 1.54) is 4.88 Å². The Morgan fingerprint density at radius 1 is 1.52 bits per heavy atom. The molecule has 0 saturated carbocycles. The van der Waals surface area contributed by atoms with Crippen LogP contribution < -0.4 is 5.32 Å². The van der Waals surface area contributed by atoms with Gasteiger partial charge in [0.05, 0.1) is 5.54 Å². The molecule has 1 N–H and O–H groups in total. The highest BCUT2D eigenvalue weighted by Gasteiger charge is 2.47. The van der Waals surface area contributed by atoms with E-state index in [0.717, 1.165) is 19.5 Å². The van der Waals surface area contributed by atoms with Gasteiger partial charge in [0.2, 0.25) is 5.91 Å². The fourth-order valence-corrected chi connectivity index (χ4v) is 3.34. The maximum Gasteiger partial charge on any atom is 0.244 e. The minimum Gasteiger partial charge on any atom is -0.319 e. The number of nitrogens with one attached hydrogen (secondary N) is 1. The number of carbonyl (C=O) groups excluding carboxylic acids is 1. The maximum atomic E-state index is 12.8. The second-order valence-corrected chi connectivity index (χ2v) is 7.30. The molecule has 1 amide bonds. The number of hydrogen-bond donors (Lipinski definition) is 1. The van der Waals surface area contributed by atoms with Crippen LogP contribution in [0.25, 0.3) is 0 Å². The average Bonchev–Trinajstić information content (AvgIpc) is 3.05. The van der Waals surface area contributed by atoms with Crippen LogP contribution in [0.4, 0.5) is 0 Å². The lowest BCUT2D eigenvalue weighted by molar-refractivity contribution is -0.133. The SMILES string of the molecule is CCC1(C)NC(c2cccs2)N(CCN(C)C(C)C)C1=O. The van der Waals surface area contributed by atoms with Crippen LogP contribution in [0.1, 0.15) is 45.2 Å². The molecule has 2 rings (SSSR count). The molecule has 1 aliphatic rings. The molecule has 0 radical (unpaired) electrons. The predicted molar refractivity (Wildman–Crippen MR) is 88.4 cm³/mol. The van der Waals surface area contributed by atoms with Crippen LogP contribution >= 0.6 is 11.3 Å². The van der Waals surface area contributed by atoms with Crippen LogP contribution in [0.15, 0.2) is 17.5 Å². The van der Waals surface area contributed by atoms with Crippen molar-refractivity contribution in [2.24, 2.45) is 0 Å². The normalized spacial score (nSPS) is 26.3. The van der Waals surface area contributed by atoms with Crippen molar-refractivity contribution >= 4 is 17.2 Å². The molecule has 118 valence electrons. The van der Waals surface area contributed by atoms with E-state index in [1.807, 2.05) is 17.9 Å². The molecular formula is C16H27N3OS. The van der Waals surface area contributed by atoms with Gasteiger partial charge in [-0.2, -0.15) is 0 Å². The first-order valence-corrected chi connectivity index (χ1v) is 8.59. The van der Waals surface area contributed by atoms with Gasteiger partial charge in [-0.25, -0.2) is 0 Å². The Bertz CT molecular complexity index is 474. The Labute approximate surface area is 132 Å². The van der Waals surface area contributed by atoms with Crippen molar-refractivity contribution in [3.8, 4) is 0 Å². The number of amides is 1. The smallest absolute Gasteiger partial charge is 0.244 e. The summed E-state index contributed by atoms with van der Waals surface area (Å²) in [4.78, 5) is 18.3. The Balaban J connectivity index is 2.16. The van der Waals surface area contributed by atoms with Gasteiger partial charge in [0.1, 0.15) is 6.17 Å². The number of hydrogen-bond acceptors (Lipinski definition) is 4. The number of thiophene rings is 1. The summed E-state index contributed by atoms with van der Waals surface area (Å²) in [6, 6.07) is 4.65. The van der Waals surface area contributed by atoms with E-state index in [0.29, 0.717) is 6.04 Å². The minimum atomic E-state index is -0.439. The van der Waals surface area contributed by atoms with Crippen LogP contribution in [0.3, 0.4) is 0 Å². The first-order chi connectivity index (χ1) is 9.89. The first-order valence-electron chi connectivity index (χ1n) is 7.71. The van der Waals surface area contributed by atoms with Gasteiger partial charge < -0.3 is 9.80 Å². The van der Waals surface area contributed by atoms with Gasteiger partial charge in [0.15, 0.2) is 0 Å². The summed E-state index contributed by atoms with van der Waals surface area (Å²) in [6.45, 7) is 10.1. The monoisotopic (exact) mass is 309 g/mol.